The van der Waals surface area contributed by atoms with Gasteiger partial charge < -0.3 is 19.7 Å². The molecule has 0 fully saturated rings. The van der Waals surface area contributed by atoms with Crippen LogP contribution in [0.25, 0.3) is 10.8 Å². The first-order chi connectivity index (χ1) is 16.7. The molecule has 0 aliphatic carbocycles. The topological polar surface area (TPSA) is 58.9 Å². The van der Waals surface area contributed by atoms with Crippen LogP contribution in [0.1, 0.15) is 16.7 Å². The van der Waals surface area contributed by atoms with Crippen molar-refractivity contribution in [2.45, 2.75) is 35.8 Å². The molecule has 0 unspecified atom stereocenters. The molecule has 182 valence electrons. The summed E-state index contributed by atoms with van der Waals surface area (Å²) in [6, 6.07) is 22.2. The molecule has 0 spiro atoms. The zero-order valence-corrected chi connectivity index (χ0v) is 19.6. The monoisotopic (exact) mass is 500 g/mol. The van der Waals surface area contributed by atoms with E-state index in [9.17, 15) is 13.2 Å². The van der Waals surface area contributed by atoms with Crippen LogP contribution >= 0.6 is 11.8 Å². The second kappa shape index (κ2) is 10.6. The maximum Gasteiger partial charge on any atom is 0.416 e. The van der Waals surface area contributed by atoms with Crippen LogP contribution < -0.4 is 9.47 Å². The molecule has 0 aliphatic heterocycles. The van der Waals surface area contributed by atoms with Gasteiger partial charge in [0.2, 0.25) is 0 Å². The third-order valence-corrected chi connectivity index (χ3v) is 6.35. The largest absolute Gasteiger partial charge is 0.489 e. The summed E-state index contributed by atoms with van der Waals surface area (Å²) in [6.07, 6.45) is -5.91. The first-order valence-electron chi connectivity index (χ1n) is 10.8. The molecule has 4 aromatic rings. The molecule has 0 bridgehead atoms. The summed E-state index contributed by atoms with van der Waals surface area (Å²) in [5.41, 5.74) is 0.873. The van der Waals surface area contributed by atoms with Gasteiger partial charge in [0.05, 0.1) is 5.56 Å². The van der Waals surface area contributed by atoms with Gasteiger partial charge >= 0.3 is 6.18 Å². The molecular weight excluding hydrogens is 477 g/mol. The Kier molecular flexibility index (Phi) is 7.54. The Balaban J connectivity index is 1.47. The zero-order valence-electron chi connectivity index (χ0n) is 18.8. The highest BCUT2D eigenvalue weighted by Gasteiger charge is 2.29. The Labute approximate surface area is 204 Å². The summed E-state index contributed by atoms with van der Waals surface area (Å²) in [5.74, 6) is 1.23. The molecule has 2 N–H and O–H groups in total. The van der Waals surface area contributed by atoms with Crippen LogP contribution in [0.15, 0.2) is 88.7 Å². The Hall–Kier alpha value is -3.20. The minimum absolute atomic E-state index is 0.167. The van der Waals surface area contributed by atoms with Crippen molar-refractivity contribution in [2.24, 2.45) is 0 Å². The number of rotatable bonds is 8. The van der Waals surface area contributed by atoms with Gasteiger partial charge in [0.25, 0.3) is 0 Å². The Morgan fingerprint density at radius 1 is 0.829 bits per heavy atom. The lowest BCUT2D eigenvalue weighted by Gasteiger charge is -2.14. The number of alkyl halides is 3. The lowest BCUT2D eigenvalue weighted by molar-refractivity contribution is -0.137. The normalized spacial score (nSPS) is 11.7. The first-order valence-corrected chi connectivity index (χ1v) is 11.6. The third kappa shape index (κ3) is 6.28. The van der Waals surface area contributed by atoms with Gasteiger partial charge in [0.1, 0.15) is 24.7 Å². The number of aryl methyl sites for hydroxylation is 1. The number of halogens is 3. The highest BCUT2D eigenvalue weighted by molar-refractivity contribution is 7.99. The van der Waals surface area contributed by atoms with E-state index in [0.717, 1.165) is 38.3 Å². The number of aliphatic hydroxyl groups excluding tert-OH is 1. The molecule has 0 saturated carbocycles. The number of benzene rings is 4. The van der Waals surface area contributed by atoms with Gasteiger partial charge in [-0.25, -0.2) is 0 Å². The van der Waals surface area contributed by atoms with Crippen molar-refractivity contribution in [1.29, 1.82) is 0 Å². The van der Waals surface area contributed by atoms with Crippen LogP contribution in [-0.4, -0.2) is 23.1 Å². The molecule has 4 aromatic carbocycles. The van der Waals surface area contributed by atoms with Crippen LogP contribution in [0.3, 0.4) is 0 Å². The molecule has 8 heteroatoms. The fourth-order valence-corrected chi connectivity index (χ4v) is 4.60. The van der Waals surface area contributed by atoms with Crippen LogP contribution in [0, 0.1) is 6.92 Å². The smallest absolute Gasteiger partial charge is 0.416 e. The zero-order chi connectivity index (χ0) is 25.0. The number of hydrogen-bond donors (Lipinski definition) is 2. The van der Waals surface area contributed by atoms with Crippen molar-refractivity contribution in [1.82, 2.24) is 0 Å². The molecule has 35 heavy (non-hydrogen) atoms. The molecule has 4 nitrogen and oxygen atoms in total. The fourth-order valence-electron chi connectivity index (χ4n) is 3.55. The second-order valence-corrected chi connectivity index (χ2v) is 9.03. The summed E-state index contributed by atoms with van der Waals surface area (Å²) in [5, 5.41) is 20.0. The molecule has 0 radical (unpaired) electrons. The number of aliphatic hydroxyl groups is 2. The average molecular weight is 501 g/mol. The van der Waals surface area contributed by atoms with Crippen molar-refractivity contribution < 1.29 is 32.9 Å². The maximum absolute atomic E-state index is 12.7. The molecule has 0 saturated heterocycles. The van der Waals surface area contributed by atoms with Gasteiger partial charge in [-0.3, -0.25) is 0 Å². The predicted molar refractivity (Wildman–Crippen MR) is 129 cm³/mol. The van der Waals surface area contributed by atoms with Crippen molar-refractivity contribution in [3.8, 4) is 11.5 Å². The minimum Gasteiger partial charge on any atom is -0.489 e. The Morgan fingerprint density at radius 3 is 2.17 bits per heavy atom. The van der Waals surface area contributed by atoms with Crippen molar-refractivity contribution >= 4 is 22.5 Å². The molecule has 0 atom stereocenters. The van der Waals surface area contributed by atoms with Crippen LogP contribution in [0.4, 0.5) is 13.2 Å². The van der Waals surface area contributed by atoms with Gasteiger partial charge in [-0.15, -0.1) is 0 Å². The molecule has 4 rings (SSSR count). The van der Waals surface area contributed by atoms with Gasteiger partial charge in [-0.1, -0.05) is 48.2 Å². The first kappa shape index (κ1) is 24.9. The second-order valence-electron chi connectivity index (χ2n) is 7.91. The van der Waals surface area contributed by atoms with Crippen molar-refractivity contribution in [3.63, 3.8) is 0 Å². The highest BCUT2D eigenvalue weighted by atomic mass is 32.2. The van der Waals surface area contributed by atoms with Gasteiger partial charge in [0.15, 0.2) is 6.29 Å². The molecule has 0 aliphatic rings. The summed E-state index contributed by atoms with van der Waals surface area (Å²) >= 11 is 1.57. The Morgan fingerprint density at radius 2 is 1.51 bits per heavy atom. The van der Waals surface area contributed by atoms with E-state index in [1.807, 2.05) is 55.5 Å². The number of fused-ring (bicyclic) bond motifs is 1. The van der Waals surface area contributed by atoms with Gasteiger partial charge in [-0.2, -0.15) is 13.2 Å². The SMILES string of the molecule is Cc1cc(Sc2ccc(OCC(O)O)c3ccccc23)ccc1OCc1ccc(C(F)(F)F)cc1. The van der Waals surface area contributed by atoms with E-state index in [-0.39, 0.29) is 13.2 Å². The van der Waals surface area contributed by atoms with Gasteiger partial charge in [-0.05, 0) is 65.9 Å². The summed E-state index contributed by atoms with van der Waals surface area (Å²) in [4.78, 5) is 2.00. The molecule has 0 heterocycles. The van der Waals surface area contributed by atoms with E-state index < -0.39 is 18.0 Å². The lowest BCUT2D eigenvalue weighted by atomic mass is 10.1. The molecular formula is C27H23F3O4S. The van der Waals surface area contributed by atoms with E-state index in [2.05, 4.69) is 0 Å². The van der Waals surface area contributed by atoms with Crippen LogP contribution in [0.2, 0.25) is 0 Å². The lowest BCUT2D eigenvalue weighted by Crippen LogP contribution is -2.16. The Bertz CT molecular complexity index is 1300. The number of ether oxygens (including phenoxy) is 2. The summed E-state index contributed by atoms with van der Waals surface area (Å²) in [6.45, 7) is 1.87. The van der Waals surface area contributed by atoms with E-state index in [1.165, 1.54) is 12.1 Å². The van der Waals surface area contributed by atoms with Gasteiger partial charge in [0, 0.05) is 15.2 Å². The average Bonchev–Trinajstić information content (AvgIpc) is 2.82. The van der Waals surface area contributed by atoms with E-state index in [4.69, 9.17) is 19.7 Å². The minimum atomic E-state index is -4.36. The maximum atomic E-state index is 12.7. The molecule has 0 aromatic heterocycles. The van der Waals surface area contributed by atoms with Crippen LogP contribution in [-0.2, 0) is 12.8 Å². The van der Waals surface area contributed by atoms with Crippen molar-refractivity contribution in [3.05, 3.63) is 95.6 Å². The summed E-state index contributed by atoms with van der Waals surface area (Å²) in [7, 11) is 0. The third-order valence-electron chi connectivity index (χ3n) is 5.28. The fraction of sp³-hybridized carbons (Fsp3) is 0.185. The molecule has 0 amide bonds. The van der Waals surface area contributed by atoms with Crippen molar-refractivity contribution in [2.75, 3.05) is 6.61 Å². The number of hydrogen-bond acceptors (Lipinski definition) is 5. The van der Waals surface area contributed by atoms with Crippen LogP contribution in [0.5, 0.6) is 11.5 Å². The van der Waals surface area contributed by atoms with E-state index in [0.29, 0.717) is 17.1 Å². The highest BCUT2D eigenvalue weighted by Crippen LogP contribution is 2.38. The summed E-state index contributed by atoms with van der Waals surface area (Å²) < 4.78 is 49.6. The quantitative estimate of drug-likeness (QED) is 0.268. The van der Waals surface area contributed by atoms with E-state index >= 15 is 0 Å². The van der Waals surface area contributed by atoms with E-state index in [1.54, 1.807) is 17.8 Å². The predicted octanol–water partition coefficient (Wildman–Crippen LogP) is 6.59. The standard InChI is InChI=1S/C27H23F3O4S/c1-17-14-20(10-11-23(17)33-15-18-6-8-19(9-7-18)27(28,29)30)35-25-13-12-24(34-16-26(31)32)21-4-2-3-5-22(21)25/h2-14,26,31-32H,15-16H2,1H3.